The number of para-hydroxylation sites is 1. The molecule has 1 saturated heterocycles. The molecule has 1 aromatic heterocycles. The van der Waals surface area contributed by atoms with Crippen molar-refractivity contribution in [3.63, 3.8) is 0 Å². The zero-order chi connectivity index (χ0) is 14.7. The Balaban J connectivity index is 1.94. The molecule has 0 radical (unpaired) electrons. The molecule has 0 bridgehead atoms. The van der Waals surface area contributed by atoms with Gasteiger partial charge >= 0.3 is 0 Å². The lowest BCUT2D eigenvalue weighted by Crippen LogP contribution is -2.34. The molecular formula is C17H21N3O. The number of fused-ring (bicyclic) bond motifs is 1. The molecule has 0 unspecified atom stereocenters. The average Bonchev–Trinajstić information content (AvgIpc) is 2.50. The molecule has 0 atom stereocenters. The summed E-state index contributed by atoms with van der Waals surface area (Å²) in [5, 5.41) is 4.45. The first-order valence-corrected chi connectivity index (χ1v) is 7.68. The zero-order valence-electron chi connectivity index (χ0n) is 12.4. The molecule has 1 amide bonds. The summed E-state index contributed by atoms with van der Waals surface area (Å²) in [6.07, 6.45) is 2.80. The fraction of sp³-hybridized carbons (Fsp3) is 0.412. The van der Waals surface area contributed by atoms with Crippen LogP contribution in [0, 0.1) is 0 Å². The molecule has 1 aliphatic rings. The van der Waals surface area contributed by atoms with Gasteiger partial charge in [-0.15, -0.1) is 0 Å². The van der Waals surface area contributed by atoms with E-state index in [1.807, 2.05) is 23.1 Å². The Labute approximate surface area is 125 Å². The molecule has 0 aliphatic carbocycles. The van der Waals surface area contributed by atoms with Gasteiger partial charge in [-0.3, -0.25) is 4.79 Å². The van der Waals surface area contributed by atoms with Crippen LogP contribution in [0.5, 0.6) is 0 Å². The summed E-state index contributed by atoms with van der Waals surface area (Å²) in [7, 11) is 0. The van der Waals surface area contributed by atoms with Crippen molar-refractivity contribution in [2.45, 2.75) is 32.7 Å². The fourth-order valence-corrected chi connectivity index (χ4v) is 2.84. The molecule has 4 nitrogen and oxygen atoms in total. The lowest BCUT2D eigenvalue weighted by molar-refractivity contribution is -0.133. The number of anilines is 1. The molecule has 4 heteroatoms. The second kappa shape index (κ2) is 6.12. The number of nitrogens with one attached hydrogen (secondary N) is 1. The normalized spacial score (nSPS) is 15.5. The molecular weight excluding hydrogens is 262 g/mol. The van der Waals surface area contributed by atoms with Gasteiger partial charge in [0.1, 0.15) is 5.82 Å². The first kappa shape index (κ1) is 13.9. The van der Waals surface area contributed by atoms with E-state index in [1.165, 1.54) is 0 Å². The van der Waals surface area contributed by atoms with Gasteiger partial charge in [0.25, 0.3) is 0 Å². The van der Waals surface area contributed by atoms with E-state index in [2.05, 4.69) is 24.4 Å². The summed E-state index contributed by atoms with van der Waals surface area (Å²) in [5.74, 6) is 1.16. The molecule has 0 spiro atoms. The SMILES string of the molecule is CCNc1nc2ccccc2cc1CN1CCCCC1=O. The number of hydrogen-bond acceptors (Lipinski definition) is 3. The molecule has 2 heterocycles. The minimum atomic E-state index is 0.261. The standard InChI is InChI=1S/C17H21N3O/c1-2-18-17-14(12-20-10-6-5-9-16(20)21)11-13-7-3-4-8-15(13)19-17/h3-4,7-8,11H,2,5-6,9-10,12H2,1H3,(H,18,19). The number of nitrogens with zero attached hydrogens (tertiary/aromatic N) is 2. The van der Waals surface area contributed by atoms with Crippen molar-refractivity contribution in [2.24, 2.45) is 0 Å². The number of rotatable bonds is 4. The van der Waals surface area contributed by atoms with Crippen LogP contribution in [0.3, 0.4) is 0 Å². The van der Waals surface area contributed by atoms with Crippen LogP contribution in [-0.4, -0.2) is 28.9 Å². The van der Waals surface area contributed by atoms with E-state index < -0.39 is 0 Å². The highest BCUT2D eigenvalue weighted by Gasteiger charge is 2.19. The second-order valence-electron chi connectivity index (χ2n) is 5.49. The topological polar surface area (TPSA) is 45.2 Å². The van der Waals surface area contributed by atoms with Crippen LogP contribution in [0.4, 0.5) is 5.82 Å². The lowest BCUT2D eigenvalue weighted by Gasteiger charge is -2.27. The van der Waals surface area contributed by atoms with Crippen LogP contribution >= 0.6 is 0 Å². The van der Waals surface area contributed by atoms with Gasteiger partial charge in [-0.25, -0.2) is 4.98 Å². The van der Waals surface area contributed by atoms with Crippen LogP contribution in [0.2, 0.25) is 0 Å². The summed E-state index contributed by atoms with van der Waals surface area (Å²) in [6.45, 7) is 4.40. The number of carbonyl (C=O) groups excluding carboxylic acids is 1. The maximum absolute atomic E-state index is 12.0. The van der Waals surface area contributed by atoms with Gasteiger partial charge in [-0.1, -0.05) is 18.2 Å². The van der Waals surface area contributed by atoms with E-state index in [-0.39, 0.29) is 5.91 Å². The third-order valence-corrected chi connectivity index (χ3v) is 3.93. The van der Waals surface area contributed by atoms with E-state index in [1.54, 1.807) is 0 Å². The largest absolute Gasteiger partial charge is 0.370 e. The van der Waals surface area contributed by atoms with Gasteiger partial charge in [-0.2, -0.15) is 0 Å². The number of benzene rings is 1. The van der Waals surface area contributed by atoms with Gasteiger partial charge in [0.15, 0.2) is 0 Å². The first-order chi connectivity index (χ1) is 10.3. The van der Waals surface area contributed by atoms with E-state index in [0.29, 0.717) is 13.0 Å². The van der Waals surface area contributed by atoms with Gasteiger partial charge in [0.2, 0.25) is 5.91 Å². The van der Waals surface area contributed by atoms with Crippen molar-refractivity contribution in [1.29, 1.82) is 0 Å². The van der Waals surface area contributed by atoms with Gasteiger partial charge in [-0.05, 0) is 31.9 Å². The highest BCUT2D eigenvalue weighted by molar-refractivity contribution is 5.82. The number of pyridine rings is 1. The van der Waals surface area contributed by atoms with Crippen molar-refractivity contribution < 1.29 is 4.79 Å². The highest BCUT2D eigenvalue weighted by Crippen LogP contribution is 2.23. The predicted octanol–water partition coefficient (Wildman–Crippen LogP) is 3.18. The number of likely N-dealkylation sites (tertiary alicyclic amines) is 1. The van der Waals surface area contributed by atoms with E-state index >= 15 is 0 Å². The van der Waals surface area contributed by atoms with Crippen LogP contribution in [0.25, 0.3) is 10.9 Å². The lowest BCUT2D eigenvalue weighted by atomic mass is 10.1. The van der Waals surface area contributed by atoms with Crippen LogP contribution in [-0.2, 0) is 11.3 Å². The summed E-state index contributed by atoms with van der Waals surface area (Å²) in [6, 6.07) is 10.3. The minimum absolute atomic E-state index is 0.261. The van der Waals surface area contributed by atoms with Crippen LogP contribution in [0.1, 0.15) is 31.7 Å². The molecule has 0 saturated carbocycles. The summed E-state index contributed by atoms with van der Waals surface area (Å²) in [5.41, 5.74) is 2.09. The van der Waals surface area contributed by atoms with E-state index in [9.17, 15) is 4.79 Å². The predicted molar refractivity (Wildman–Crippen MR) is 85.2 cm³/mol. The molecule has 1 fully saturated rings. The molecule has 2 aromatic rings. The molecule has 1 N–H and O–H groups in total. The van der Waals surface area contributed by atoms with Crippen molar-refractivity contribution in [3.05, 3.63) is 35.9 Å². The Hall–Kier alpha value is -2.10. The van der Waals surface area contributed by atoms with Gasteiger partial charge in [0.05, 0.1) is 5.52 Å². The molecule has 1 aliphatic heterocycles. The maximum atomic E-state index is 12.0. The summed E-state index contributed by atoms with van der Waals surface area (Å²) >= 11 is 0. The molecule has 21 heavy (non-hydrogen) atoms. The molecule has 3 rings (SSSR count). The Morgan fingerprint density at radius 3 is 2.95 bits per heavy atom. The summed E-state index contributed by atoms with van der Waals surface area (Å²) in [4.78, 5) is 18.7. The zero-order valence-corrected chi connectivity index (χ0v) is 12.4. The van der Waals surface area contributed by atoms with Crippen molar-refractivity contribution in [1.82, 2.24) is 9.88 Å². The Morgan fingerprint density at radius 1 is 1.29 bits per heavy atom. The van der Waals surface area contributed by atoms with E-state index in [4.69, 9.17) is 4.98 Å². The third-order valence-electron chi connectivity index (χ3n) is 3.93. The van der Waals surface area contributed by atoms with Crippen molar-refractivity contribution >= 4 is 22.6 Å². The second-order valence-corrected chi connectivity index (χ2v) is 5.49. The average molecular weight is 283 g/mol. The number of carbonyl (C=O) groups is 1. The Kier molecular flexibility index (Phi) is 4.04. The number of hydrogen-bond donors (Lipinski definition) is 1. The monoisotopic (exact) mass is 283 g/mol. The third kappa shape index (κ3) is 2.99. The van der Waals surface area contributed by atoms with Crippen molar-refractivity contribution in [3.8, 4) is 0 Å². The number of aromatic nitrogens is 1. The van der Waals surface area contributed by atoms with Crippen LogP contribution < -0.4 is 5.32 Å². The first-order valence-electron chi connectivity index (χ1n) is 7.68. The number of amides is 1. The fourth-order valence-electron chi connectivity index (χ4n) is 2.84. The van der Waals surface area contributed by atoms with E-state index in [0.717, 1.165) is 48.2 Å². The Morgan fingerprint density at radius 2 is 2.14 bits per heavy atom. The molecule has 110 valence electrons. The number of piperidine rings is 1. The van der Waals surface area contributed by atoms with Crippen LogP contribution in [0.15, 0.2) is 30.3 Å². The minimum Gasteiger partial charge on any atom is -0.370 e. The molecule has 1 aromatic carbocycles. The summed E-state index contributed by atoms with van der Waals surface area (Å²) < 4.78 is 0. The quantitative estimate of drug-likeness (QED) is 0.937. The van der Waals surface area contributed by atoms with Gasteiger partial charge in [0, 0.05) is 37.0 Å². The smallest absolute Gasteiger partial charge is 0.222 e. The van der Waals surface area contributed by atoms with Gasteiger partial charge < -0.3 is 10.2 Å². The maximum Gasteiger partial charge on any atom is 0.222 e. The van der Waals surface area contributed by atoms with Crippen molar-refractivity contribution in [2.75, 3.05) is 18.4 Å². The highest BCUT2D eigenvalue weighted by atomic mass is 16.2. The Bertz CT molecular complexity index is 654.